The molecule has 0 atom stereocenters. The van der Waals surface area contributed by atoms with Gasteiger partial charge in [0.2, 0.25) is 0 Å². The van der Waals surface area contributed by atoms with E-state index in [1.165, 1.54) is 12.8 Å². The van der Waals surface area contributed by atoms with Crippen molar-refractivity contribution < 1.29 is 14.3 Å². The van der Waals surface area contributed by atoms with Crippen LogP contribution in [0.15, 0.2) is 42.6 Å². The third-order valence-corrected chi connectivity index (χ3v) is 5.06. The number of aromatic nitrogens is 1. The third-order valence-electron chi connectivity index (χ3n) is 5.06. The fourth-order valence-corrected chi connectivity index (χ4v) is 3.62. The van der Waals surface area contributed by atoms with Crippen molar-refractivity contribution in [2.24, 2.45) is 0 Å². The first-order valence-electron chi connectivity index (χ1n) is 9.65. The molecule has 0 bridgehead atoms. The number of hydrogen-bond acceptors (Lipinski definition) is 5. The molecule has 4 rings (SSSR count). The van der Waals surface area contributed by atoms with Gasteiger partial charge in [-0.3, -0.25) is 4.79 Å². The zero-order chi connectivity index (χ0) is 18.5. The van der Waals surface area contributed by atoms with Gasteiger partial charge in [-0.1, -0.05) is 0 Å². The summed E-state index contributed by atoms with van der Waals surface area (Å²) in [5.41, 5.74) is 1.32. The molecule has 2 aliphatic rings. The number of nitrogens with zero attached hydrogens (tertiary/aromatic N) is 2. The number of pyridine rings is 1. The molecule has 1 amide bonds. The predicted octanol–water partition coefficient (Wildman–Crippen LogP) is 3.49. The van der Waals surface area contributed by atoms with Gasteiger partial charge in [-0.2, -0.15) is 0 Å². The predicted molar refractivity (Wildman–Crippen MR) is 105 cm³/mol. The van der Waals surface area contributed by atoms with Gasteiger partial charge >= 0.3 is 0 Å². The molecule has 2 aromatic rings. The van der Waals surface area contributed by atoms with E-state index in [0.29, 0.717) is 30.7 Å². The third kappa shape index (κ3) is 4.39. The van der Waals surface area contributed by atoms with E-state index in [4.69, 9.17) is 9.47 Å². The van der Waals surface area contributed by atoms with Crippen LogP contribution in [0.25, 0.3) is 0 Å². The lowest BCUT2D eigenvalue weighted by Crippen LogP contribution is -2.38. The van der Waals surface area contributed by atoms with Gasteiger partial charge in [-0.15, -0.1) is 0 Å². The average Bonchev–Trinajstić information content (AvgIpc) is 3.23. The molecule has 6 heteroatoms. The summed E-state index contributed by atoms with van der Waals surface area (Å²) >= 11 is 0. The fraction of sp³-hybridized carbons (Fsp3) is 0.429. The Balaban J connectivity index is 1.43. The van der Waals surface area contributed by atoms with E-state index in [-0.39, 0.29) is 5.91 Å². The van der Waals surface area contributed by atoms with Gasteiger partial charge in [0.15, 0.2) is 0 Å². The van der Waals surface area contributed by atoms with Crippen LogP contribution >= 0.6 is 0 Å². The molecule has 1 aliphatic carbocycles. The maximum absolute atomic E-state index is 12.8. The SMILES string of the molecule is O=C(Nc1ccc(OC2CCCC2)cc1)c1cccnc1N1CCOCC1. The molecule has 0 unspecified atom stereocenters. The molecule has 1 saturated heterocycles. The van der Waals surface area contributed by atoms with Gasteiger partial charge in [0.1, 0.15) is 11.6 Å². The number of nitrogens with one attached hydrogen (secondary N) is 1. The van der Waals surface area contributed by atoms with Gasteiger partial charge in [0, 0.05) is 25.0 Å². The molecule has 1 N–H and O–H groups in total. The van der Waals surface area contributed by atoms with Crippen LogP contribution in [-0.4, -0.2) is 43.3 Å². The minimum Gasteiger partial charge on any atom is -0.490 e. The van der Waals surface area contributed by atoms with Crippen LogP contribution in [0.2, 0.25) is 0 Å². The first-order chi connectivity index (χ1) is 13.3. The molecule has 2 fully saturated rings. The Morgan fingerprint density at radius 3 is 2.59 bits per heavy atom. The summed E-state index contributed by atoms with van der Waals surface area (Å²) in [6, 6.07) is 11.2. The van der Waals surface area contributed by atoms with Crippen molar-refractivity contribution in [3.63, 3.8) is 0 Å². The number of amides is 1. The lowest BCUT2D eigenvalue weighted by atomic mass is 10.2. The summed E-state index contributed by atoms with van der Waals surface area (Å²) in [5.74, 6) is 1.41. The largest absolute Gasteiger partial charge is 0.490 e. The summed E-state index contributed by atoms with van der Waals surface area (Å²) < 4.78 is 11.4. The van der Waals surface area contributed by atoms with E-state index in [0.717, 1.165) is 37.4 Å². The maximum atomic E-state index is 12.8. The van der Waals surface area contributed by atoms with Crippen LogP contribution in [0.5, 0.6) is 5.75 Å². The van der Waals surface area contributed by atoms with E-state index >= 15 is 0 Å². The second kappa shape index (κ2) is 8.39. The molecule has 1 saturated carbocycles. The Morgan fingerprint density at radius 2 is 1.85 bits per heavy atom. The molecular formula is C21H25N3O3. The smallest absolute Gasteiger partial charge is 0.259 e. The highest BCUT2D eigenvalue weighted by Crippen LogP contribution is 2.25. The molecule has 142 valence electrons. The Kier molecular flexibility index (Phi) is 5.53. The molecule has 0 spiro atoms. The Hall–Kier alpha value is -2.60. The van der Waals surface area contributed by atoms with Crippen LogP contribution in [-0.2, 0) is 4.74 Å². The summed E-state index contributed by atoms with van der Waals surface area (Å²) in [7, 11) is 0. The first-order valence-corrected chi connectivity index (χ1v) is 9.65. The first kappa shape index (κ1) is 17.8. The molecule has 1 aliphatic heterocycles. The summed E-state index contributed by atoms with van der Waals surface area (Å²) in [6.45, 7) is 2.79. The number of rotatable bonds is 5. The normalized spacial score (nSPS) is 17.7. The molecule has 27 heavy (non-hydrogen) atoms. The van der Waals surface area contributed by atoms with Crippen molar-refractivity contribution in [3.05, 3.63) is 48.2 Å². The Morgan fingerprint density at radius 1 is 1.11 bits per heavy atom. The highest BCUT2D eigenvalue weighted by molar-refractivity contribution is 6.07. The molecule has 1 aromatic heterocycles. The van der Waals surface area contributed by atoms with Crippen molar-refractivity contribution in [1.82, 2.24) is 4.98 Å². The van der Waals surface area contributed by atoms with Crippen LogP contribution in [0, 0.1) is 0 Å². The summed E-state index contributed by atoms with van der Waals surface area (Å²) in [6.07, 6.45) is 6.80. The standard InChI is InChI=1S/C21H25N3O3/c25-21(19-6-3-11-22-20(19)24-12-14-26-15-13-24)23-16-7-9-18(10-8-16)27-17-4-1-2-5-17/h3,6-11,17H,1-2,4-5,12-15H2,(H,23,25). The van der Waals surface area contributed by atoms with Crippen molar-refractivity contribution in [3.8, 4) is 5.75 Å². The molecule has 1 aromatic carbocycles. The van der Waals surface area contributed by atoms with Crippen LogP contribution in [0.1, 0.15) is 36.0 Å². The molecule has 2 heterocycles. The van der Waals surface area contributed by atoms with Crippen molar-refractivity contribution in [1.29, 1.82) is 0 Å². The fourth-order valence-electron chi connectivity index (χ4n) is 3.62. The van der Waals surface area contributed by atoms with Gasteiger partial charge in [0.05, 0.1) is 24.9 Å². The van der Waals surface area contributed by atoms with E-state index < -0.39 is 0 Å². The quantitative estimate of drug-likeness (QED) is 0.876. The minimum absolute atomic E-state index is 0.158. The van der Waals surface area contributed by atoms with Crippen molar-refractivity contribution in [2.75, 3.05) is 36.5 Å². The second-order valence-corrected chi connectivity index (χ2v) is 6.98. The lowest BCUT2D eigenvalue weighted by molar-refractivity contribution is 0.102. The highest BCUT2D eigenvalue weighted by Gasteiger charge is 2.20. The van der Waals surface area contributed by atoms with Crippen molar-refractivity contribution >= 4 is 17.4 Å². The Bertz CT molecular complexity index is 766. The average molecular weight is 367 g/mol. The number of ether oxygens (including phenoxy) is 2. The number of carbonyl (C=O) groups excluding carboxylic acids is 1. The van der Waals surface area contributed by atoms with Crippen LogP contribution in [0.4, 0.5) is 11.5 Å². The van der Waals surface area contributed by atoms with Gasteiger partial charge in [-0.25, -0.2) is 4.98 Å². The topological polar surface area (TPSA) is 63.7 Å². The zero-order valence-electron chi connectivity index (χ0n) is 15.4. The minimum atomic E-state index is -0.158. The number of benzene rings is 1. The number of hydrogen-bond donors (Lipinski definition) is 1. The second-order valence-electron chi connectivity index (χ2n) is 6.98. The van der Waals surface area contributed by atoms with Gasteiger partial charge < -0.3 is 19.7 Å². The van der Waals surface area contributed by atoms with E-state index in [9.17, 15) is 4.79 Å². The number of anilines is 2. The van der Waals surface area contributed by atoms with E-state index in [2.05, 4.69) is 15.2 Å². The van der Waals surface area contributed by atoms with Crippen LogP contribution in [0.3, 0.4) is 0 Å². The lowest BCUT2D eigenvalue weighted by Gasteiger charge is -2.29. The highest BCUT2D eigenvalue weighted by atomic mass is 16.5. The van der Waals surface area contributed by atoms with Gasteiger partial charge in [0.25, 0.3) is 5.91 Å². The van der Waals surface area contributed by atoms with E-state index in [1.807, 2.05) is 30.3 Å². The zero-order valence-corrected chi connectivity index (χ0v) is 15.4. The summed E-state index contributed by atoms with van der Waals surface area (Å²) in [5, 5.41) is 2.97. The number of carbonyl (C=O) groups is 1. The van der Waals surface area contributed by atoms with Gasteiger partial charge in [-0.05, 0) is 62.1 Å². The Labute approximate surface area is 159 Å². The molecule has 6 nitrogen and oxygen atoms in total. The van der Waals surface area contributed by atoms with Crippen LogP contribution < -0.4 is 15.0 Å². The molecule has 0 radical (unpaired) electrons. The maximum Gasteiger partial charge on any atom is 0.259 e. The monoisotopic (exact) mass is 367 g/mol. The summed E-state index contributed by atoms with van der Waals surface area (Å²) in [4.78, 5) is 19.3. The molecular weight excluding hydrogens is 342 g/mol. The number of morpholine rings is 1. The van der Waals surface area contributed by atoms with Crippen molar-refractivity contribution in [2.45, 2.75) is 31.8 Å². The van der Waals surface area contributed by atoms with E-state index in [1.54, 1.807) is 12.3 Å².